The molecule has 0 aromatic carbocycles. The maximum Gasteiger partial charge on any atom is 0.110 e. The Morgan fingerprint density at radius 3 is 2.91 bits per heavy atom. The van der Waals surface area contributed by atoms with E-state index in [2.05, 4.69) is 26.0 Å². The first kappa shape index (κ1) is 6.71. The Bertz CT molecular complexity index is 267. The van der Waals surface area contributed by atoms with Gasteiger partial charge in [0.05, 0.1) is 6.26 Å². The van der Waals surface area contributed by atoms with Crippen molar-refractivity contribution in [1.29, 1.82) is 0 Å². The maximum absolute atomic E-state index is 5.24. The van der Waals surface area contributed by atoms with E-state index in [-0.39, 0.29) is 5.41 Å². The highest BCUT2D eigenvalue weighted by atomic mass is 16.5. The predicted octanol–water partition coefficient (Wildman–Crippen LogP) is 2.42. The van der Waals surface area contributed by atoms with E-state index in [1.54, 1.807) is 6.26 Å². The quantitative estimate of drug-likeness (QED) is 0.512. The summed E-state index contributed by atoms with van der Waals surface area (Å²) in [6.45, 7) is 5.19. The van der Waals surface area contributed by atoms with Crippen LogP contribution in [0.1, 0.15) is 13.8 Å². The summed E-state index contributed by atoms with van der Waals surface area (Å²) in [7, 11) is 0. The monoisotopic (exact) mass is 148 g/mol. The minimum atomic E-state index is 0.208. The molecule has 1 aliphatic carbocycles. The molecule has 0 saturated carbocycles. The molecular weight excluding hydrogens is 136 g/mol. The SMILES string of the molecule is CC1(C)C=CC2=C1COC=C2. The summed E-state index contributed by atoms with van der Waals surface area (Å²) in [4.78, 5) is 0. The van der Waals surface area contributed by atoms with Crippen LogP contribution in [-0.4, -0.2) is 6.61 Å². The van der Waals surface area contributed by atoms with Crippen LogP contribution in [-0.2, 0) is 4.74 Å². The smallest absolute Gasteiger partial charge is 0.110 e. The second-order valence-corrected chi connectivity index (χ2v) is 3.60. The summed E-state index contributed by atoms with van der Waals surface area (Å²) in [5, 5.41) is 0. The lowest BCUT2D eigenvalue weighted by molar-refractivity contribution is 0.257. The Labute approximate surface area is 67.1 Å². The van der Waals surface area contributed by atoms with Crippen molar-refractivity contribution in [2.75, 3.05) is 6.61 Å². The van der Waals surface area contributed by atoms with Gasteiger partial charge in [0.1, 0.15) is 6.61 Å². The third-order valence-corrected chi connectivity index (χ3v) is 2.38. The molecule has 0 amide bonds. The molecule has 0 N–H and O–H groups in total. The van der Waals surface area contributed by atoms with Crippen LogP contribution < -0.4 is 0 Å². The van der Waals surface area contributed by atoms with Crippen molar-refractivity contribution < 1.29 is 4.74 Å². The first-order valence-electron chi connectivity index (χ1n) is 3.91. The molecule has 0 saturated heterocycles. The molecule has 2 rings (SSSR count). The molecule has 0 radical (unpaired) electrons. The Balaban J connectivity index is 2.44. The lowest BCUT2D eigenvalue weighted by Gasteiger charge is -2.22. The van der Waals surface area contributed by atoms with E-state index in [9.17, 15) is 0 Å². The van der Waals surface area contributed by atoms with E-state index in [4.69, 9.17) is 4.74 Å². The van der Waals surface area contributed by atoms with E-state index in [0.717, 1.165) is 6.61 Å². The average molecular weight is 148 g/mol. The number of hydrogen-bond acceptors (Lipinski definition) is 1. The molecule has 0 spiro atoms. The number of hydrogen-bond donors (Lipinski definition) is 0. The van der Waals surface area contributed by atoms with Gasteiger partial charge in [-0.05, 0) is 17.2 Å². The fraction of sp³-hybridized carbons (Fsp3) is 0.400. The summed E-state index contributed by atoms with van der Waals surface area (Å²) in [6.07, 6.45) is 8.21. The van der Waals surface area contributed by atoms with Crippen LogP contribution in [0.3, 0.4) is 0 Å². The predicted molar refractivity (Wildman–Crippen MR) is 45.0 cm³/mol. The molecule has 0 unspecified atom stereocenters. The normalized spacial score (nSPS) is 25.3. The first-order valence-corrected chi connectivity index (χ1v) is 3.91. The van der Waals surface area contributed by atoms with Crippen LogP contribution >= 0.6 is 0 Å². The highest BCUT2D eigenvalue weighted by Crippen LogP contribution is 2.38. The van der Waals surface area contributed by atoms with Gasteiger partial charge in [-0.2, -0.15) is 0 Å². The standard InChI is InChI=1S/C10H12O/c1-10(2)5-3-8-4-6-11-7-9(8)10/h3-6H,7H2,1-2H3. The van der Waals surface area contributed by atoms with Crippen molar-refractivity contribution >= 4 is 0 Å². The van der Waals surface area contributed by atoms with Crippen LogP contribution in [0.25, 0.3) is 0 Å². The van der Waals surface area contributed by atoms with Crippen LogP contribution in [0.15, 0.2) is 35.6 Å². The van der Waals surface area contributed by atoms with Crippen LogP contribution in [0.2, 0.25) is 0 Å². The van der Waals surface area contributed by atoms with Crippen LogP contribution in [0, 0.1) is 5.41 Å². The number of rotatable bonds is 0. The van der Waals surface area contributed by atoms with Gasteiger partial charge in [0.2, 0.25) is 0 Å². The van der Waals surface area contributed by atoms with E-state index in [0.29, 0.717) is 0 Å². The van der Waals surface area contributed by atoms with Crippen molar-refractivity contribution in [2.45, 2.75) is 13.8 Å². The molecule has 1 nitrogen and oxygen atoms in total. The lowest BCUT2D eigenvalue weighted by Crippen LogP contribution is -2.14. The molecule has 0 aromatic heterocycles. The molecule has 2 aliphatic rings. The summed E-state index contributed by atoms with van der Waals surface area (Å²) >= 11 is 0. The summed E-state index contributed by atoms with van der Waals surface area (Å²) in [5.74, 6) is 0. The Kier molecular flexibility index (Phi) is 1.22. The van der Waals surface area contributed by atoms with Gasteiger partial charge in [-0.1, -0.05) is 26.0 Å². The number of allylic oxidation sites excluding steroid dienone is 4. The molecule has 58 valence electrons. The van der Waals surface area contributed by atoms with Gasteiger partial charge in [0, 0.05) is 5.41 Å². The second-order valence-electron chi connectivity index (χ2n) is 3.60. The lowest BCUT2D eigenvalue weighted by atomic mass is 9.86. The van der Waals surface area contributed by atoms with Crippen LogP contribution in [0.4, 0.5) is 0 Å². The van der Waals surface area contributed by atoms with Gasteiger partial charge in [0.15, 0.2) is 0 Å². The van der Waals surface area contributed by atoms with E-state index < -0.39 is 0 Å². The Morgan fingerprint density at radius 2 is 2.18 bits per heavy atom. The third-order valence-electron chi connectivity index (χ3n) is 2.38. The number of ether oxygens (including phenoxy) is 1. The Morgan fingerprint density at radius 1 is 1.36 bits per heavy atom. The highest BCUT2D eigenvalue weighted by Gasteiger charge is 2.27. The first-order chi connectivity index (χ1) is 5.20. The molecule has 0 fully saturated rings. The summed E-state index contributed by atoms with van der Waals surface area (Å²) in [5.41, 5.74) is 2.95. The molecule has 0 bridgehead atoms. The largest absolute Gasteiger partial charge is 0.497 e. The molecule has 1 heteroatoms. The molecular formula is C10H12O. The van der Waals surface area contributed by atoms with E-state index >= 15 is 0 Å². The zero-order valence-electron chi connectivity index (χ0n) is 6.92. The fourth-order valence-corrected chi connectivity index (χ4v) is 1.55. The molecule has 0 atom stereocenters. The van der Waals surface area contributed by atoms with Crippen molar-refractivity contribution in [1.82, 2.24) is 0 Å². The molecule has 1 heterocycles. The van der Waals surface area contributed by atoms with Gasteiger partial charge in [-0.15, -0.1) is 0 Å². The van der Waals surface area contributed by atoms with Crippen molar-refractivity contribution in [3.8, 4) is 0 Å². The molecule has 11 heavy (non-hydrogen) atoms. The zero-order chi connectivity index (χ0) is 7.90. The summed E-state index contributed by atoms with van der Waals surface area (Å²) < 4.78 is 5.24. The van der Waals surface area contributed by atoms with Gasteiger partial charge < -0.3 is 4.74 Å². The third kappa shape index (κ3) is 0.917. The highest BCUT2D eigenvalue weighted by molar-refractivity contribution is 5.47. The second kappa shape index (κ2) is 2.00. The fourth-order valence-electron chi connectivity index (χ4n) is 1.55. The van der Waals surface area contributed by atoms with Gasteiger partial charge in [-0.3, -0.25) is 0 Å². The minimum absolute atomic E-state index is 0.208. The van der Waals surface area contributed by atoms with Crippen molar-refractivity contribution in [2.24, 2.45) is 5.41 Å². The maximum atomic E-state index is 5.24. The van der Waals surface area contributed by atoms with Crippen LogP contribution in [0.5, 0.6) is 0 Å². The van der Waals surface area contributed by atoms with Crippen molar-refractivity contribution in [3.63, 3.8) is 0 Å². The average Bonchev–Trinajstić information content (AvgIpc) is 2.29. The topological polar surface area (TPSA) is 9.23 Å². The minimum Gasteiger partial charge on any atom is -0.497 e. The summed E-state index contributed by atoms with van der Waals surface area (Å²) in [6, 6.07) is 0. The van der Waals surface area contributed by atoms with Gasteiger partial charge in [0.25, 0.3) is 0 Å². The Hall–Kier alpha value is -0.980. The van der Waals surface area contributed by atoms with E-state index in [1.807, 2.05) is 6.08 Å². The van der Waals surface area contributed by atoms with Crippen molar-refractivity contribution in [3.05, 3.63) is 35.6 Å². The molecule has 1 aliphatic heterocycles. The van der Waals surface area contributed by atoms with E-state index in [1.165, 1.54) is 11.1 Å². The molecule has 0 aromatic rings. The zero-order valence-corrected chi connectivity index (χ0v) is 6.92. The van der Waals surface area contributed by atoms with Gasteiger partial charge in [-0.25, -0.2) is 0 Å². The van der Waals surface area contributed by atoms with Gasteiger partial charge >= 0.3 is 0 Å².